The summed E-state index contributed by atoms with van der Waals surface area (Å²) < 4.78 is 25.0. The largest absolute Gasteiger partial charge is 0.505 e. The summed E-state index contributed by atoms with van der Waals surface area (Å²) in [6.07, 6.45) is 0. The Labute approximate surface area is 200 Å². The van der Waals surface area contributed by atoms with Crippen molar-refractivity contribution in [2.45, 2.75) is 0 Å². The second kappa shape index (κ2) is 10.8. The van der Waals surface area contributed by atoms with Crippen LogP contribution in [0.2, 0.25) is 0 Å². The summed E-state index contributed by atoms with van der Waals surface area (Å²) >= 11 is 0. The third-order valence-corrected chi connectivity index (χ3v) is 4.83. The Morgan fingerprint density at radius 1 is 0.714 bits per heavy atom. The van der Waals surface area contributed by atoms with E-state index in [4.69, 9.17) is 25.0 Å². The van der Waals surface area contributed by atoms with Gasteiger partial charge in [0.05, 0.1) is 43.8 Å². The number of benzene rings is 2. The van der Waals surface area contributed by atoms with E-state index in [2.05, 4.69) is 9.47 Å². The number of esters is 2. The minimum Gasteiger partial charge on any atom is -0.505 e. The number of methoxy groups -OCH3 is 3. The first kappa shape index (κ1) is 24.8. The number of nitrogens with two attached hydrogens (primary N) is 2. The van der Waals surface area contributed by atoms with Gasteiger partial charge in [0.25, 0.3) is 0 Å². The fraction of sp³-hybridized carbons (Fsp3) is 0.120. The van der Waals surface area contributed by atoms with Gasteiger partial charge in [-0.1, -0.05) is 12.1 Å². The van der Waals surface area contributed by atoms with Crippen molar-refractivity contribution in [1.82, 2.24) is 0 Å². The van der Waals surface area contributed by atoms with Gasteiger partial charge in [-0.3, -0.25) is 0 Å². The molecule has 4 aromatic rings. The molecule has 182 valence electrons. The number of ether oxygens (including phenoxy) is 3. The molecule has 0 aliphatic rings. The van der Waals surface area contributed by atoms with Gasteiger partial charge in [-0.2, -0.15) is 0 Å². The predicted octanol–water partition coefficient (Wildman–Crippen LogP) is 4.35. The second-order valence-electron chi connectivity index (χ2n) is 6.98. The molecule has 2 heterocycles. The number of carbonyl (C=O) groups is 2. The molecule has 0 fully saturated rings. The molecular weight excluding hydrogens is 456 g/mol. The molecule has 2 aromatic carbocycles. The predicted molar refractivity (Wildman–Crippen MR) is 128 cm³/mol. The number of anilines is 2. The normalized spacial score (nSPS) is 10.1. The quantitative estimate of drug-likeness (QED) is 0.213. The van der Waals surface area contributed by atoms with Gasteiger partial charge >= 0.3 is 11.9 Å². The number of phenolic OH excluding ortho intramolecular Hbond substituents is 1. The van der Waals surface area contributed by atoms with Crippen LogP contribution >= 0.6 is 0 Å². The Morgan fingerprint density at radius 3 is 1.71 bits per heavy atom. The number of furan rings is 2. The molecule has 35 heavy (non-hydrogen) atoms. The lowest BCUT2D eigenvalue weighted by Gasteiger charge is -2.08. The van der Waals surface area contributed by atoms with Crippen LogP contribution in [0.4, 0.5) is 11.4 Å². The van der Waals surface area contributed by atoms with Crippen molar-refractivity contribution in [3.05, 3.63) is 72.2 Å². The smallest absolute Gasteiger partial charge is 0.373 e. The molecule has 0 saturated carbocycles. The van der Waals surface area contributed by atoms with Crippen LogP contribution in [0.25, 0.3) is 22.6 Å². The maximum Gasteiger partial charge on any atom is 0.373 e. The third kappa shape index (κ3) is 5.38. The maximum absolute atomic E-state index is 11.3. The average molecular weight is 480 g/mol. The summed E-state index contributed by atoms with van der Waals surface area (Å²) in [5.41, 5.74) is 13.2. The van der Waals surface area contributed by atoms with Gasteiger partial charge in [0.2, 0.25) is 11.5 Å². The van der Waals surface area contributed by atoms with E-state index in [1.807, 2.05) is 0 Å². The standard InChI is InChI=1S/C13H13NO4.C12H11NO4/c1-16-12-8(4-3-5-9(12)14)10-6-7-11(18-10)13(15)17-2;1-16-12(15)10-6-5-9(17-10)7-3-2-4-8(13)11(7)14/h3-7H,14H2,1-2H3;2-6,14H,13H2,1H3. The monoisotopic (exact) mass is 480 g/mol. The van der Waals surface area contributed by atoms with Crippen LogP contribution in [0.3, 0.4) is 0 Å². The molecule has 0 amide bonds. The highest BCUT2D eigenvalue weighted by Crippen LogP contribution is 2.36. The summed E-state index contributed by atoms with van der Waals surface area (Å²) in [6, 6.07) is 16.5. The minimum absolute atomic E-state index is 0.0711. The van der Waals surface area contributed by atoms with Crippen LogP contribution in [0.5, 0.6) is 11.5 Å². The van der Waals surface area contributed by atoms with Crippen molar-refractivity contribution < 1.29 is 37.7 Å². The lowest BCUT2D eigenvalue weighted by atomic mass is 10.1. The van der Waals surface area contributed by atoms with E-state index in [1.165, 1.54) is 27.4 Å². The number of hydrogen-bond acceptors (Lipinski definition) is 10. The van der Waals surface area contributed by atoms with Crippen LogP contribution < -0.4 is 16.2 Å². The van der Waals surface area contributed by atoms with E-state index < -0.39 is 11.9 Å². The van der Waals surface area contributed by atoms with Crippen molar-refractivity contribution in [1.29, 1.82) is 0 Å². The van der Waals surface area contributed by atoms with Gasteiger partial charge in [0.15, 0.2) is 5.75 Å². The zero-order chi connectivity index (χ0) is 25.5. The highest BCUT2D eigenvalue weighted by Gasteiger charge is 2.17. The van der Waals surface area contributed by atoms with Crippen LogP contribution in [0, 0.1) is 0 Å². The summed E-state index contributed by atoms with van der Waals surface area (Å²) in [4.78, 5) is 22.5. The molecule has 0 spiro atoms. The van der Waals surface area contributed by atoms with Crippen molar-refractivity contribution in [2.24, 2.45) is 0 Å². The fourth-order valence-corrected chi connectivity index (χ4v) is 3.12. The molecule has 10 nitrogen and oxygen atoms in total. The fourth-order valence-electron chi connectivity index (χ4n) is 3.12. The molecule has 0 aliphatic heterocycles. The van der Waals surface area contributed by atoms with Crippen LogP contribution in [-0.4, -0.2) is 38.4 Å². The summed E-state index contributed by atoms with van der Waals surface area (Å²) in [5.74, 6) is 0.418. The highest BCUT2D eigenvalue weighted by molar-refractivity contribution is 5.88. The van der Waals surface area contributed by atoms with E-state index in [9.17, 15) is 14.7 Å². The van der Waals surface area contributed by atoms with E-state index >= 15 is 0 Å². The van der Waals surface area contributed by atoms with Gasteiger partial charge in [0.1, 0.15) is 17.3 Å². The third-order valence-electron chi connectivity index (χ3n) is 4.83. The Hall–Kier alpha value is -4.86. The topological polar surface area (TPSA) is 160 Å². The molecule has 0 atom stereocenters. The Kier molecular flexibility index (Phi) is 7.67. The van der Waals surface area contributed by atoms with Crippen LogP contribution in [0.15, 0.2) is 69.5 Å². The molecular formula is C25H24N2O8. The summed E-state index contributed by atoms with van der Waals surface area (Å²) in [5, 5.41) is 9.75. The molecule has 0 unspecified atom stereocenters. The molecule has 0 radical (unpaired) electrons. The van der Waals surface area contributed by atoms with E-state index in [0.29, 0.717) is 34.1 Å². The zero-order valence-electron chi connectivity index (χ0n) is 19.2. The number of aromatic hydroxyl groups is 1. The minimum atomic E-state index is -0.570. The first-order valence-corrected chi connectivity index (χ1v) is 10.2. The van der Waals surface area contributed by atoms with Crippen LogP contribution in [0.1, 0.15) is 21.1 Å². The van der Waals surface area contributed by atoms with E-state index in [1.54, 1.807) is 54.6 Å². The van der Waals surface area contributed by atoms with Crippen molar-refractivity contribution in [3.8, 4) is 34.1 Å². The number of hydrogen-bond donors (Lipinski definition) is 3. The number of carbonyl (C=O) groups excluding carboxylic acids is 2. The first-order chi connectivity index (χ1) is 16.8. The number of nitrogen functional groups attached to an aromatic ring is 2. The van der Waals surface area contributed by atoms with E-state index in [-0.39, 0.29) is 23.0 Å². The Bertz CT molecular complexity index is 1340. The molecule has 0 saturated heterocycles. The van der Waals surface area contributed by atoms with Gasteiger partial charge in [-0.15, -0.1) is 0 Å². The lowest BCUT2D eigenvalue weighted by Crippen LogP contribution is -1.98. The van der Waals surface area contributed by atoms with Gasteiger partial charge in [-0.05, 0) is 48.5 Å². The molecule has 10 heteroatoms. The number of rotatable bonds is 5. The van der Waals surface area contributed by atoms with Crippen molar-refractivity contribution in [2.75, 3.05) is 32.8 Å². The Balaban J connectivity index is 0.000000196. The lowest BCUT2D eigenvalue weighted by molar-refractivity contribution is 0.0558. The van der Waals surface area contributed by atoms with Crippen LogP contribution in [-0.2, 0) is 9.47 Å². The summed E-state index contributed by atoms with van der Waals surface area (Å²) in [7, 11) is 4.09. The second-order valence-corrected chi connectivity index (χ2v) is 6.98. The highest BCUT2D eigenvalue weighted by atomic mass is 16.5. The van der Waals surface area contributed by atoms with Gasteiger partial charge in [-0.25, -0.2) is 9.59 Å². The van der Waals surface area contributed by atoms with E-state index in [0.717, 1.165) is 0 Å². The number of para-hydroxylation sites is 2. The van der Waals surface area contributed by atoms with Crippen molar-refractivity contribution in [3.63, 3.8) is 0 Å². The van der Waals surface area contributed by atoms with Crippen molar-refractivity contribution >= 4 is 23.3 Å². The number of phenols is 1. The molecule has 0 bridgehead atoms. The van der Waals surface area contributed by atoms with Gasteiger partial charge < -0.3 is 39.6 Å². The SMILES string of the molecule is COC(=O)c1ccc(-c2cccc(N)c2O)o1.COC(=O)c1ccc(-c2cccc(N)c2OC)o1. The average Bonchev–Trinajstić information content (AvgIpc) is 3.55. The van der Waals surface area contributed by atoms with Gasteiger partial charge in [0, 0.05) is 0 Å². The zero-order valence-corrected chi connectivity index (χ0v) is 19.2. The molecule has 4 rings (SSSR count). The Morgan fingerprint density at radius 2 is 1.20 bits per heavy atom. The molecule has 2 aromatic heterocycles. The molecule has 0 aliphatic carbocycles. The first-order valence-electron chi connectivity index (χ1n) is 10.2. The molecule has 5 N–H and O–H groups in total. The summed E-state index contributed by atoms with van der Waals surface area (Å²) in [6.45, 7) is 0. The maximum atomic E-state index is 11.3.